The molecule has 0 saturated carbocycles. The van der Waals surface area contributed by atoms with Crippen LogP contribution in [-0.4, -0.2) is 23.1 Å². The Morgan fingerprint density at radius 3 is 2.63 bits per heavy atom. The number of thiazole rings is 1. The number of aromatic nitrogens is 1. The van der Waals surface area contributed by atoms with Crippen molar-refractivity contribution < 1.29 is 14.3 Å². The average molecular weight is 423 g/mol. The number of hydrogen-bond donors (Lipinski definition) is 0. The Labute approximate surface area is 181 Å². The van der Waals surface area contributed by atoms with Gasteiger partial charge < -0.3 is 9.47 Å². The maximum atomic E-state index is 13.2. The lowest BCUT2D eigenvalue weighted by Gasteiger charge is -2.21. The van der Waals surface area contributed by atoms with Crippen molar-refractivity contribution in [1.82, 2.24) is 4.98 Å². The van der Waals surface area contributed by atoms with E-state index in [2.05, 4.69) is 18.8 Å². The predicted octanol–water partition coefficient (Wildman–Crippen LogP) is 5.09. The molecule has 6 heteroatoms. The van der Waals surface area contributed by atoms with Crippen LogP contribution in [0.5, 0.6) is 11.5 Å². The molecule has 1 aromatic heterocycles. The Morgan fingerprint density at radius 1 is 1.17 bits per heavy atom. The van der Waals surface area contributed by atoms with Crippen molar-refractivity contribution in [2.45, 2.75) is 46.3 Å². The van der Waals surface area contributed by atoms with Gasteiger partial charge in [0.05, 0.1) is 12.2 Å². The second-order valence-electron chi connectivity index (χ2n) is 8.18. The minimum atomic E-state index is -0.263. The molecular formula is C24H26N2O3S. The summed E-state index contributed by atoms with van der Waals surface area (Å²) in [6.45, 7) is 8.46. The molecule has 1 aliphatic heterocycles. The van der Waals surface area contributed by atoms with Gasteiger partial charge in [0.2, 0.25) is 0 Å². The summed E-state index contributed by atoms with van der Waals surface area (Å²) in [6.07, 6.45) is 0.825. The fraction of sp³-hybridized carbons (Fsp3) is 0.333. The zero-order valence-electron chi connectivity index (χ0n) is 17.8. The van der Waals surface area contributed by atoms with Crippen LogP contribution in [0.2, 0.25) is 0 Å². The second kappa shape index (κ2) is 8.11. The lowest BCUT2D eigenvalue weighted by molar-refractivity contribution is -0.120. The van der Waals surface area contributed by atoms with E-state index in [0.717, 1.165) is 33.9 Å². The van der Waals surface area contributed by atoms with Gasteiger partial charge in [0.15, 0.2) is 23.2 Å². The fourth-order valence-corrected chi connectivity index (χ4v) is 4.44. The smallest absolute Gasteiger partial charge is 0.267 e. The quantitative estimate of drug-likeness (QED) is 0.555. The van der Waals surface area contributed by atoms with E-state index in [4.69, 9.17) is 9.47 Å². The first-order valence-corrected chi connectivity index (χ1v) is 10.9. The van der Waals surface area contributed by atoms with Gasteiger partial charge in [-0.1, -0.05) is 42.5 Å². The summed E-state index contributed by atoms with van der Waals surface area (Å²) in [4.78, 5) is 20.6. The van der Waals surface area contributed by atoms with Crippen LogP contribution < -0.4 is 14.4 Å². The molecule has 2 aromatic carbocycles. The molecule has 0 radical (unpaired) electrons. The standard InChI is InChI=1S/C24H26N2O3S/c1-16-17(2)30-23(25-16)26(14-18-9-6-5-7-10-18)21(27)15-28-20-12-8-11-19-13-24(3,4)29-22(19)20/h5-12H,13-15H2,1-4H3. The highest BCUT2D eigenvalue weighted by atomic mass is 32.1. The number of anilines is 1. The zero-order chi connectivity index (χ0) is 21.3. The van der Waals surface area contributed by atoms with Crippen molar-refractivity contribution in [3.05, 3.63) is 70.2 Å². The lowest BCUT2D eigenvalue weighted by Crippen LogP contribution is -2.34. The Balaban J connectivity index is 1.54. The van der Waals surface area contributed by atoms with Crippen molar-refractivity contribution in [2.75, 3.05) is 11.5 Å². The van der Waals surface area contributed by atoms with Crippen molar-refractivity contribution in [3.63, 3.8) is 0 Å². The number of para-hydroxylation sites is 1. The van der Waals surface area contributed by atoms with E-state index in [9.17, 15) is 4.79 Å². The number of rotatable bonds is 6. The zero-order valence-corrected chi connectivity index (χ0v) is 18.6. The molecule has 0 unspecified atom stereocenters. The Morgan fingerprint density at radius 2 is 1.93 bits per heavy atom. The number of nitrogens with zero attached hydrogens (tertiary/aromatic N) is 2. The highest BCUT2D eigenvalue weighted by Crippen LogP contribution is 2.41. The summed E-state index contributed by atoms with van der Waals surface area (Å²) in [7, 11) is 0. The SMILES string of the molecule is Cc1nc(N(Cc2ccccc2)C(=O)COc2cccc3c2OC(C)(C)C3)sc1C. The van der Waals surface area contributed by atoms with Gasteiger partial charge in [-0.15, -0.1) is 11.3 Å². The second-order valence-corrected chi connectivity index (χ2v) is 9.36. The maximum absolute atomic E-state index is 13.2. The third kappa shape index (κ3) is 4.33. The van der Waals surface area contributed by atoms with Gasteiger partial charge >= 0.3 is 0 Å². The molecule has 0 bridgehead atoms. The molecule has 5 nitrogen and oxygen atoms in total. The van der Waals surface area contributed by atoms with Crippen molar-refractivity contribution in [1.29, 1.82) is 0 Å². The molecule has 1 amide bonds. The van der Waals surface area contributed by atoms with Gasteiger partial charge in [0.1, 0.15) is 5.60 Å². The molecule has 30 heavy (non-hydrogen) atoms. The summed E-state index contributed by atoms with van der Waals surface area (Å²) in [5.74, 6) is 1.21. The van der Waals surface area contributed by atoms with Crippen molar-refractivity contribution in [2.24, 2.45) is 0 Å². The predicted molar refractivity (Wildman–Crippen MR) is 120 cm³/mol. The van der Waals surface area contributed by atoms with Gasteiger partial charge in [-0.3, -0.25) is 9.69 Å². The van der Waals surface area contributed by atoms with Gasteiger partial charge in [0.25, 0.3) is 5.91 Å². The van der Waals surface area contributed by atoms with Gasteiger partial charge in [-0.2, -0.15) is 0 Å². The summed E-state index contributed by atoms with van der Waals surface area (Å²) in [5.41, 5.74) is 2.83. The number of amides is 1. The van der Waals surface area contributed by atoms with E-state index in [-0.39, 0.29) is 18.1 Å². The molecule has 1 aliphatic rings. The summed E-state index contributed by atoms with van der Waals surface area (Å²) < 4.78 is 12.0. The third-order valence-electron chi connectivity index (χ3n) is 5.14. The number of ether oxygens (including phenoxy) is 2. The van der Waals surface area contributed by atoms with E-state index >= 15 is 0 Å². The van der Waals surface area contributed by atoms with Gasteiger partial charge in [-0.25, -0.2) is 4.98 Å². The molecule has 0 N–H and O–H groups in total. The van der Waals surface area contributed by atoms with Crippen LogP contribution in [0.3, 0.4) is 0 Å². The molecule has 156 valence electrons. The molecule has 4 rings (SSSR count). The van der Waals surface area contributed by atoms with E-state index in [1.54, 1.807) is 4.90 Å². The molecule has 0 saturated heterocycles. The lowest BCUT2D eigenvalue weighted by atomic mass is 10.0. The Hall–Kier alpha value is -2.86. The van der Waals surface area contributed by atoms with Crippen LogP contribution in [0.1, 0.15) is 35.5 Å². The average Bonchev–Trinajstić information content (AvgIpc) is 3.22. The van der Waals surface area contributed by atoms with Crippen molar-refractivity contribution >= 4 is 22.4 Å². The molecule has 0 aliphatic carbocycles. The van der Waals surface area contributed by atoms with Crippen LogP contribution in [0.25, 0.3) is 0 Å². The van der Waals surface area contributed by atoms with E-state index in [0.29, 0.717) is 17.4 Å². The molecule has 0 spiro atoms. The maximum Gasteiger partial charge on any atom is 0.267 e. The highest BCUT2D eigenvalue weighted by Gasteiger charge is 2.32. The number of carbonyl (C=O) groups is 1. The minimum absolute atomic E-state index is 0.0786. The van der Waals surface area contributed by atoms with Gasteiger partial charge in [0, 0.05) is 16.9 Å². The van der Waals surface area contributed by atoms with Crippen molar-refractivity contribution in [3.8, 4) is 11.5 Å². The van der Waals surface area contributed by atoms with Crippen LogP contribution in [0.15, 0.2) is 48.5 Å². The van der Waals surface area contributed by atoms with Crippen LogP contribution in [0, 0.1) is 13.8 Å². The number of benzene rings is 2. The van der Waals surface area contributed by atoms with Crippen LogP contribution in [0.4, 0.5) is 5.13 Å². The molecule has 3 aromatic rings. The van der Waals surface area contributed by atoms with E-state index in [1.807, 2.05) is 62.4 Å². The Bertz CT molecular complexity index is 1040. The van der Waals surface area contributed by atoms with Gasteiger partial charge in [-0.05, 0) is 39.3 Å². The monoisotopic (exact) mass is 422 g/mol. The topological polar surface area (TPSA) is 51.7 Å². The number of fused-ring (bicyclic) bond motifs is 1. The first-order valence-electron chi connectivity index (χ1n) is 10.0. The molecular weight excluding hydrogens is 396 g/mol. The summed E-state index contributed by atoms with van der Waals surface area (Å²) >= 11 is 1.53. The number of hydrogen-bond acceptors (Lipinski definition) is 5. The number of carbonyl (C=O) groups excluding carboxylic acids is 1. The largest absolute Gasteiger partial charge is 0.483 e. The number of aryl methyl sites for hydroxylation is 2. The minimum Gasteiger partial charge on any atom is -0.483 e. The van der Waals surface area contributed by atoms with Crippen LogP contribution in [-0.2, 0) is 17.8 Å². The first-order chi connectivity index (χ1) is 14.3. The Kier molecular flexibility index (Phi) is 5.52. The molecule has 2 heterocycles. The molecule has 0 atom stereocenters. The highest BCUT2D eigenvalue weighted by molar-refractivity contribution is 7.15. The first kappa shape index (κ1) is 20.4. The van der Waals surface area contributed by atoms with E-state index < -0.39 is 0 Å². The summed E-state index contributed by atoms with van der Waals surface area (Å²) in [5, 5.41) is 0.693. The fourth-order valence-electron chi connectivity index (χ4n) is 3.52. The van der Waals surface area contributed by atoms with Crippen LogP contribution >= 0.6 is 11.3 Å². The molecule has 0 fully saturated rings. The summed E-state index contributed by atoms with van der Waals surface area (Å²) in [6, 6.07) is 15.8. The van der Waals surface area contributed by atoms with E-state index in [1.165, 1.54) is 11.3 Å². The third-order valence-corrected chi connectivity index (χ3v) is 6.23. The normalized spacial score (nSPS) is 14.1.